The zero-order valence-electron chi connectivity index (χ0n) is 20.5. The zero-order chi connectivity index (χ0) is 25.2. The summed E-state index contributed by atoms with van der Waals surface area (Å²) < 4.78 is 5.45. The van der Waals surface area contributed by atoms with E-state index in [1.807, 2.05) is 43.4 Å². The molecule has 0 aliphatic carbocycles. The second-order valence-corrected chi connectivity index (χ2v) is 8.46. The van der Waals surface area contributed by atoms with Gasteiger partial charge in [-0.15, -0.1) is 0 Å². The number of piperidine rings is 1. The van der Waals surface area contributed by atoms with E-state index in [0.717, 1.165) is 28.1 Å². The minimum Gasteiger partial charge on any atom is -0.495 e. The Labute approximate surface area is 206 Å². The monoisotopic (exact) mass is 472 g/mol. The van der Waals surface area contributed by atoms with Crippen LogP contribution < -0.4 is 15.4 Å². The predicted octanol–water partition coefficient (Wildman–Crippen LogP) is 3.91. The smallest absolute Gasteiger partial charge is 0.168 e. The van der Waals surface area contributed by atoms with E-state index < -0.39 is 0 Å². The number of carbonyl (C=O) groups is 1. The van der Waals surface area contributed by atoms with Crippen LogP contribution in [0.5, 0.6) is 5.75 Å². The molecule has 8 nitrogen and oxygen atoms in total. The van der Waals surface area contributed by atoms with Crippen molar-refractivity contribution in [3.05, 3.63) is 60.4 Å². The quantitative estimate of drug-likeness (QED) is 0.394. The van der Waals surface area contributed by atoms with E-state index in [-0.39, 0.29) is 0 Å². The fourth-order valence-corrected chi connectivity index (χ4v) is 4.01. The van der Waals surface area contributed by atoms with Gasteiger partial charge in [-0.1, -0.05) is 24.8 Å². The van der Waals surface area contributed by atoms with Crippen molar-refractivity contribution in [1.82, 2.24) is 20.2 Å². The van der Waals surface area contributed by atoms with Crippen LogP contribution in [0.4, 0.5) is 5.69 Å². The molecular formula is C27H32N6O2. The van der Waals surface area contributed by atoms with Gasteiger partial charge in [-0.05, 0) is 57.1 Å². The lowest BCUT2D eigenvalue weighted by Gasteiger charge is -2.29. The first-order valence-electron chi connectivity index (χ1n) is 11.6. The van der Waals surface area contributed by atoms with E-state index in [0.29, 0.717) is 35.7 Å². The molecule has 35 heavy (non-hydrogen) atoms. The third-order valence-electron chi connectivity index (χ3n) is 5.93. The van der Waals surface area contributed by atoms with Gasteiger partial charge in [-0.25, -0.2) is 9.97 Å². The molecule has 1 aromatic heterocycles. The van der Waals surface area contributed by atoms with Gasteiger partial charge < -0.3 is 20.3 Å². The number of fused-ring (bicyclic) bond motifs is 1. The number of hydrogen-bond donors (Lipinski definition) is 2. The summed E-state index contributed by atoms with van der Waals surface area (Å²) in [6.45, 7) is 6.50. The van der Waals surface area contributed by atoms with E-state index in [9.17, 15) is 4.79 Å². The van der Waals surface area contributed by atoms with Crippen LogP contribution in [0.25, 0.3) is 22.2 Å². The Morgan fingerprint density at radius 1 is 1.34 bits per heavy atom. The Morgan fingerprint density at radius 3 is 2.80 bits per heavy atom. The number of carbonyl (C=O) groups excluding carboxylic acids is 1. The highest BCUT2D eigenvalue weighted by molar-refractivity contribution is 5.99. The van der Waals surface area contributed by atoms with Crippen LogP contribution in [0.3, 0.4) is 0 Å². The van der Waals surface area contributed by atoms with Crippen LogP contribution in [0, 0.1) is 11.3 Å². The van der Waals surface area contributed by atoms with E-state index in [1.54, 1.807) is 19.4 Å². The number of aldehydes is 1. The molecule has 0 saturated carbocycles. The van der Waals surface area contributed by atoms with Crippen molar-refractivity contribution in [1.29, 1.82) is 5.26 Å². The van der Waals surface area contributed by atoms with Crippen molar-refractivity contribution >= 4 is 22.7 Å². The fourth-order valence-electron chi connectivity index (χ4n) is 4.01. The van der Waals surface area contributed by atoms with Gasteiger partial charge in [0, 0.05) is 41.9 Å². The summed E-state index contributed by atoms with van der Waals surface area (Å²) in [5.41, 5.74) is 2.28. The molecule has 0 bridgehead atoms. The van der Waals surface area contributed by atoms with Gasteiger partial charge in [0.15, 0.2) is 12.1 Å². The topological polar surface area (TPSA) is 103 Å². The van der Waals surface area contributed by atoms with Crippen LogP contribution in [-0.2, 0) is 0 Å². The van der Waals surface area contributed by atoms with Crippen molar-refractivity contribution in [3.63, 3.8) is 0 Å². The number of rotatable bonds is 7. The molecule has 1 unspecified atom stereocenters. The van der Waals surface area contributed by atoms with E-state index in [4.69, 9.17) is 10.00 Å². The summed E-state index contributed by atoms with van der Waals surface area (Å²) in [4.78, 5) is 21.8. The standard InChI is InChI=1S/C20H16N4O2.C7H16N2/c1-13(10-21)11-23-19-17-9-15(20-22-8-7-16(12-25)24-20)4-3-14(17)5-6-18(19)26-2;1-8-7-4-3-5-9(2)6-7/h3-9,12,23H,1,11H2,2H3;7-8H,3-6H2,1-2H3. The number of benzene rings is 2. The molecule has 0 radical (unpaired) electrons. The van der Waals surface area contributed by atoms with Crippen LogP contribution in [0.2, 0.25) is 0 Å². The van der Waals surface area contributed by atoms with Gasteiger partial charge >= 0.3 is 0 Å². The molecule has 1 aliphatic heterocycles. The lowest BCUT2D eigenvalue weighted by molar-refractivity contribution is 0.111. The molecule has 1 aliphatic rings. The number of aromatic nitrogens is 2. The van der Waals surface area contributed by atoms with Gasteiger partial charge in [-0.2, -0.15) is 5.26 Å². The van der Waals surface area contributed by atoms with Crippen LogP contribution in [0.15, 0.2) is 54.7 Å². The fraction of sp³-hybridized carbons (Fsp3) is 0.333. The van der Waals surface area contributed by atoms with Crippen molar-refractivity contribution in [3.8, 4) is 23.2 Å². The number of nitrogens with one attached hydrogen (secondary N) is 2. The maximum absolute atomic E-state index is 11.0. The number of methoxy groups -OCH3 is 1. The highest BCUT2D eigenvalue weighted by atomic mass is 16.5. The molecule has 4 rings (SSSR count). The Balaban J connectivity index is 0.000000320. The normalized spacial score (nSPS) is 15.4. The van der Waals surface area contributed by atoms with E-state index in [1.165, 1.54) is 25.9 Å². The molecule has 1 saturated heterocycles. The van der Waals surface area contributed by atoms with Crippen LogP contribution >= 0.6 is 0 Å². The van der Waals surface area contributed by atoms with Gasteiger partial charge in [0.1, 0.15) is 11.4 Å². The summed E-state index contributed by atoms with van der Waals surface area (Å²) >= 11 is 0. The number of hydrogen-bond acceptors (Lipinski definition) is 8. The maximum atomic E-state index is 11.0. The molecule has 1 atom stereocenters. The van der Waals surface area contributed by atoms with Crippen molar-refractivity contribution in [2.45, 2.75) is 18.9 Å². The highest BCUT2D eigenvalue weighted by Gasteiger charge is 2.14. The molecule has 182 valence electrons. The summed E-state index contributed by atoms with van der Waals surface area (Å²) in [5, 5.41) is 17.3. The predicted molar refractivity (Wildman–Crippen MR) is 140 cm³/mol. The molecule has 2 heterocycles. The average molecular weight is 473 g/mol. The first-order chi connectivity index (χ1) is 17.0. The summed E-state index contributed by atoms with van der Waals surface area (Å²) in [7, 11) is 5.82. The zero-order valence-corrected chi connectivity index (χ0v) is 20.5. The summed E-state index contributed by atoms with van der Waals surface area (Å²) in [5.74, 6) is 1.12. The number of nitriles is 1. The summed E-state index contributed by atoms with van der Waals surface area (Å²) in [6.07, 6.45) is 4.94. The minimum absolute atomic E-state index is 0.313. The SMILES string of the molecule is C=C(C#N)CNc1c(OC)ccc2ccc(-c3nccc(C=O)n3)cc12.CNC1CCCN(C)C1. The molecule has 2 N–H and O–H groups in total. The largest absolute Gasteiger partial charge is 0.495 e. The van der Waals surface area contributed by atoms with Gasteiger partial charge in [0.25, 0.3) is 0 Å². The van der Waals surface area contributed by atoms with Gasteiger partial charge in [0.2, 0.25) is 0 Å². The second-order valence-electron chi connectivity index (χ2n) is 8.46. The first kappa shape index (κ1) is 25.8. The Hall–Kier alpha value is -3.80. The molecule has 0 spiro atoms. The van der Waals surface area contributed by atoms with Crippen LogP contribution in [0.1, 0.15) is 23.3 Å². The average Bonchev–Trinajstić information content (AvgIpc) is 2.91. The van der Waals surface area contributed by atoms with E-state index in [2.05, 4.69) is 39.1 Å². The Morgan fingerprint density at radius 2 is 2.14 bits per heavy atom. The number of ether oxygens (including phenoxy) is 1. The first-order valence-corrected chi connectivity index (χ1v) is 11.6. The maximum Gasteiger partial charge on any atom is 0.168 e. The third-order valence-corrected chi connectivity index (χ3v) is 5.93. The highest BCUT2D eigenvalue weighted by Crippen LogP contribution is 2.35. The molecule has 3 aromatic rings. The lowest BCUT2D eigenvalue weighted by atomic mass is 10.0. The van der Waals surface area contributed by atoms with Crippen molar-refractivity contribution in [2.75, 3.05) is 46.2 Å². The Bertz CT molecular complexity index is 1220. The van der Waals surface area contributed by atoms with Gasteiger partial charge in [0.05, 0.1) is 18.9 Å². The molecule has 1 fully saturated rings. The number of anilines is 1. The van der Waals surface area contributed by atoms with Crippen molar-refractivity contribution < 1.29 is 9.53 Å². The molecule has 8 heteroatoms. The third kappa shape index (κ3) is 6.85. The minimum atomic E-state index is 0.313. The van der Waals surface area contributed by atoms with Crippen LogP contribution in [-0.4, -0.2) is 68.0 Å². The molecule has 0 amide bonds. The second kappa shape index (κ2) is 12.6. The number of nitrogens with zero attached hydrogens (tertiary/aromatic N) is 4. The Kier molecular flexibility index (Phi) is 9.30. The van der Waals surface area contributed by atoms with Crippen molar-refractivity contribution in [2.24, 2.45) is 0 Å². The van der Waals surface area contributed by atoms with Gasteiger partial charge in [-0.3, -0.25) is 4.79 Å². The molecular weight excluding hydrogens is 440 g/mol. The lowest BCUT2D eigenvalue weighted by Crippen LogP contribution is -2.42. The van der Waals surface area contributed by atoms with E-state index >= 15 is 0 Å². The number of likely N-dealkylation sites (tertiary alicyclic amines) is 1. The number of likely N-dealkylation sites (N-methyl/N-ethyl adjacent to an activating group) is 2. The molecule has 2 aromatic carbocycles. The summed E-state index contributed by atoms with van der Waals surface area (Å²) in [6, 6.07) is 13.9.